The number of carbonyl (C=O) groups excluding carboxylic acids is 1. The zero-order valence-electron chi connectivity index (χ0n) is 8.49. The number of amides is 1. The average Bonchev–Trinajstić information content (AvgIpc) is 2.26. The maximum atomic E-state index is 11.7. The monoisotopic (exact) mass is 259 g/mol. The highest BCUT2D eigenvalue weighted by molar-refractivity contribution is 6.44. The first-order valence-corrected chi connectivity index (χ1v) is 5.77. The number of carbonyl (C=O) groups is 1. The van der Waals surface area contributed by atoms with Crippen molar-refractivity contribution < 1.29 is 9.90 Å². The topological polar surface area (TPSA) is 40.5 Å². The molecule has 0 bridgehead atoms. The second-order valence-electron chi connectivity index (χ2n) is 3.77. The van der Waals surface area contributed by atoms with Crippen LogP contribution in [0.4, 0.5) is 5.69 Å². The van der Waals surface area contributed by atoms with Gasteiger partial charge in [0.1, 0.15) is 0 Å². The highest BCUT2D eigenvalue weighted by Crippen LogP contribution is 2.34. The van der Waals surface area contributed by atoms with E-state index in [9.17, 15) is 9.90 Å². The van der Waals surface area contributed by atoms with Gasteiger partial charge in [-0.1, -0.05) is 29.3 Å². The number of aliphatic hydroxyl groups excluding tert-OH is 1. The molecule has 1 atom stereocenters. The Hall–Kier alpha value is -0.770. The highest BCUT2D eigenvalue weighted by Gasteiger charge is 2.27. The first kappa shape index (κ1) is 11.7. The second kappa shape index (κ2) is 4.62. The molecule has 1 amide bonds. The molecule has 16 heavy (non-hydrogen) atoms. The molecule has 1 N–H and O–H groups in total. The number of benzene rings is 1. The lowest BCUT2D eigenvalue weighted by atomic mass is 10.1. The van der Waals surface area contributed by atoms with Gasteiger partial charge in [0, 0.05) is 6.42 Å². The second-order valence-corrected chi connectivity index (χ2v) is 4.55. The van der Waals surface area contributed by atoms with Crippen LogP contribution in [0.25, 0.3) is 0 Å². The molecule has 1 unspecified atom stereocenters. The Labute approximate surface area is 104 Å². The SMILES string of the molecule is O=C1CCC(O)CN1c1cccc(Cl)c1Cl. The van der Waals surface area contributed by atoms with Crippen LogP contribution in [0.1, 0.15) is 12.8 Å². The number of β-amino-alcohol motifs (C(OH)–C–C–N with tert-alkyl or cyclic N) is 1. The van der Waals surface area contributed by atoms with Gasteiger partial charge in [-0.25, -0.2) is 0 Å². The van der Waals surface area contributed by atoms with E-state index in [1.807, 2.05) is 0 Å². The zero-order valence-corrected chi connectivity index (χ0v) is 10.0. The molecule has 1 aliphatic rings. The normalized spacial score (nSPS) is 21.3. The molecular weight excluding hydrogens is 249 g/mol. The predicted molar refractivity (Wildman–Crippen MR) is 64.1 cm³/mol. The Balaban J connectivity index is 2.35. The lowest BCUT2D eigenvalue weighted by Gasteiger charge is -2.30. The summed E-state index contributed by atoms with van der Waals surface area (Å²) in [5.41, 5.74) is 0.568. The Morgan fingerprint density at radius 2 is 2.12 bits per heavy atom. The third kappa shape index (κ3) is 2.17. The van der Waals surface area contributed by atoms with Crippen molar-refractivity contribution in [1.82, 2.24) is 0 Å². The molecule has 0 radical (unpaired) electrons. The molecule has 3 nitrogen and oxygen atoms in total. The molecule has 1 fully saturated rings. The molecule has 0 saturated carbocycles. The van der Waals surface area contributed by atoms with Crippen LogP contribution in [0, 0.1) is 0 Å². The van der Waals surface area contributed by atoms with E-state index in [0.717, 1.165) is 0 Å². The number of anilines is 1. The summed E-state index contributed by atoms with van der Waals surface area (Å²) < 4.78 is 0. The van der Waals surface area contributed by atoms with Gasteiger partial charge in [-0.15, -0.1) is 0 Å². The molecule has 1 aliphatic heterocycles. The molecule has 0 aromatic heterocycles. The van der Waals surface area contributed by atoms with Gasteiger partial charge in [0.25, 0.3) is 0 Å². The van der Waals surface area contributed by atoms with E-state index < -0.39 is 6.10 Å². The summed E-state index contributed by atoms with van der Waals surface area (Å²) in [6.07, 6.45) is 0.352. The van der Waals surface area contributed by atoms with Gasteiger partial charge in [0.15, 0.2) is 0 Å². The van der Waals surface area contributed by atoms with Crippen molar-refractivity contribution in [3.8, 4) is 0 Å². The van der Waals surface area contributed by atoms with Gasteiger partial charge >= 0.3 is 0 Å². The van der Waals surface area contributed by atoms with Crippen molar-refractivity contribution in [3.05, 3.63) is 28.2 Å². The van der Waals surface area contributed by atoms with Crippen molar-refractivity contribution in [2.45, 2.75) is 18.9 Å². The maximum Gasteiger partial charge on any atom is 0.227 e. The zero-order chi connectivity index (χ0) is 11.7. The van der Waals surface area contributed by atoms with Crippen molar-refractivity contribution in [1.29, 1.82) is 0 Å². The summed E-state index contributed by atoms with van der Waals surface area (Å²) in [4.78, 5) is 13.2. The van der Waals surface area contributed by atoms with Gasteiger partial charge in [0.05, 0.1) is 28.4 Å². The van der Waals surface area contributed by atoms with E-state index in [-0.39, 0.29) is 12.5 Å². The van der Waals surface area contributed by atoms with E-state index in [0.29, 0.717) is 28.6 Å². The molecule has 5 heteroatoms. The van der Waals surface area contributed by atoms with E-state index in [4.69, 9.17) is 23.2 Å². The molecule has 86 valence electrons. The lowest BCUT2D eigenvalue weighted by molar-refractivity contribution is -0.121. The van der Waals surface area contributed by atoms with E-state index >= 15 is 0 Å². The molecule has 1 saturated heterocycles. The van der Waals surface area contributed by atoms with E-state index in [1.54, 1.807) is 18.2 Å². The van der Waals surface area contributed by atoms with Crippen molar-refractivity contribution in [2.24, 2.45) is 0 Å². The Morgan fingerprint density at radius 3 is 2.88 bits per heavy atom. The molecule has 0 aliphatic carbocycles. The van der Waals surface area contributed by atoms with Crippen LogP contribution < -0.4 is 4.90 Å². The minimum Gasteiger partial charge on any atom is -0.391 e. The number of hydrogen-bond donors (Lipinski definition) is 1. The van der Waals surface area contributed by atoms with Crippen LogP contribution in [0.3, 0.4) is 0 Å². The molecular formula is C11H11Cl2NO2. The van der Waals surface area contributed by atoms with Crippen molar-refractivity contribution in [3.63, 3.8) is 0 Å². The van der Waals surface area contributed by atoms with Gasteiger partial charge < -0.3 is 10.0 Å². The van der Waals surface area contributed by atoms with Crippen LogP contribution in [-0.4, -0.2) is 23.7 Å². The summed E-state index contributed by atoms with van der Waals surface area (Å²) in [5, 5.41) is 10.3. The highest BCUT2D eigenvalue weighted by atomic mass is 35.5. The fourth-order valence-corrected chi connectivity index (χ4v) is 2.16. The summed E-state index contributed by atoms with van der Waals surface area (Å²) in [5.74, 6) is -0.0329. The first-order valence-electron chi connectivity index (χ1n) is 5.02. The quantitative estimate of drug-likeness (QED) is 0.842. The van der Waals surface area contributed by atoms with Crippen LogP contribution >= 0.6 is 23.2 Å². The number of halogens is 2. The smallest absolute Gasteiger partial charge is 0.227 e. The summed E-state index contributed by atoms with van der Waals surface area (Å²) in [6.45, 7) is 0.277. The molecule has 1 heterocycles. The fourth-order valence-electron chi connectivity index (χ4n) is 1.76. The van der Waals surface area contributed by atoms with Crippen LogP contribution in [0.15, 0.2) is 18.2 Å². The third-order valence-corrected chi connectivity index (χ3v) is 3.42. The standard InChI is InChI=1S/C11H11Cl2NO2/c12-8-2-1-3-9(11(8)13)14-6-7(15)4-5-10(14)16/h1-3,7,15H,4-6H2. The third-order valence-electron chi connectivity index (χ3n) is 2.61. The Kier molecular flexibility index (Phi) is 3.38. The molecule has 0 spiro atoms. The predicted octanol–water partition coefficient (Wildman–Crippen LogP) is 2.48. The number of piperidine rings is 1. The van der Waals surface area contributed by atoms with Crippen molar-refractivity contribution >= 4 is 34.8 Å². The number of nitrogens with zero attached hydrogens (tertiary/aromatic N) is 1. The minimum absolute atomic E-state index is 0.0329. The van der Waals surface area contributed by atoms with Gasteiger partial charge in [-0.05, 0) is 18.6 Å². The molecule has 1 aromatic rings. The maximum absolute atomic E-state index is 11.7. The largest absolute Gasteiger partial charge is 0.391 e. The summed E-state index contributed by atoms with van der Waals surface area (Å²) in [7, 11) is 0. The molecule has 1 aromatic carbocycles. The average molecular weight is 260 g/mol. The first-order chi connectivity index (χ1) is 7.59. The number of rotatable bonds is 1. The van der Waals surface area contributed by atoms with Crippen LogP contribution in [-0.2, 0) is 4.79 Å². The number of hydrogen-bond acceptors (Lipinski definition) is 2. The summed E-state index contributed by atoms with van der Waals surface area (Å²) >= 11 is 11.9. The van der Waals surface area contributed by atoms with Crippen LogP contribution in [0.5, 0.6) is 0 Å². The van der Waals surface area contributed by atoms with Gasteiger partial charge in [-0.2, -0.15) is 0 Å². The summed E-state index contributed by atoms with van der Waals surface area (Å²) in [6, 6.07) is 5.13. The Morgan fingerprint density at radius 1 is 1.38 bits per heavy atom. The van der Waals surface area contributed by atoms with E-state index in [2.05, 4.69) is 0 Å². The fraction of sp³-hybridized carbons (Fsp3) is 0.364. The van der Waals surface area contributed by atoms with E-state index in [1.165, 1.54) is 4.90 Å². The van der Waals surface area contributed by atoms with Crippen molar-refractivity contribution in [2.75, 3.05) is 11.4 Å². The minimum atomic E-state index is -0.493. The van der Waals surface area contributed by atoms with Crippen LogP contribution in [0.2, 0.25) is 10.0 Å². The Bertz CT molecular complexity index is 422. The van der Waals surface area contributed by atoms with Gasteiger partial charge in [0.2, 0.25) is 5.91 Å². The number of aliphatic hydroxyl groups is 1. The van der Waals surface area contributed by atoms with Gasteiger partial charge in [-0.3, -0.25) is 4.79 Å². The molecule has 2 rings (SSSR count). The lowest BCUT2D eigenvalue weighted by Crippen LogP contribution is -2.42.